The second-order valence-corrected chi connectivity index (χ2v) is 8.12. The summed E-state index contributed by atoms with van der Waals surface area (Å²) in [4.78, 5) is 4.41. The van der Waals surface area contributed by atoms with Gasteiger partial charge >= 0.3 is 7.12 Å². The van der Waals surface area contributed by atoms with Crippen molar-refractivity contribution in [1.82, 2.24) is 9.55 Å². The summed E-state index contributed by atoms with van der Waals surface area (Å²) in [6, 6.07) is 7.89. The van der Waals surface area contributed by atoms with Crippen LogP contribution in [0.4, 0.5) is 0 Å². The third-order valence-corrected chi connectivity index (χ3v) is 5.91. The maximum Gasteiger partial charge on any atom is 0.494 e. The van der Waals surface area contributed by atoms with Crippen LogP contribution in [0, 0.1) is 0 Å². The number of rotatable bonds is 2. The van der Waals surface area contributed by atoms with Gasteiger partial charge in [-0.15, -0.1) is 0 Å². The Hall–Kier alpha value is -1.63. The molecule has 1 fully saturated rings. The number of aliphatic hydroxyl groups is 1. The van der Waals surface area contributed by atoms with Gasteiger partial charge in [-0.2, -0.15) is 0 Å². The van der Waals surface area contributed by atoms with E-state index in [-0.39, 0.29) is 11.2 Å². The Morgan fingerprint density at radius 2 is 1.88 bits per heavy atom. The average Bonchev–Trinajstić information content (AvgIpc) is 3.11. The summed E-state index contributed by atoms with van der Waals surface area (Å²) in [5.41, 5.74) is -0.0706. The predicted molar refractivity (Wildman–Crippen MR) is 96.6 cm³/mol. The van der Waals surface area contributed by atoms with Gasteiger partial charge in [-0.1, -0.05) is 24.3 Å². The summed E-state index contributed by atoms with van der Waals surface area (Å²) < 4.78 is 14.3. The Morgan fingerprint density at radius 3 is 2.60 bits per heavy atom. The topological polar surface area (TPSA) is 56.5 Å². The highest BCUT2D eigenvalue weighted by Crippen LogP contribution is 2.38. The van der Waals surface area contributed by atoms with Crippen LogP contribution in [0.5, 0.6) is 0 Å². The predicted octanol–water partition coefficient (Wildman–Crippen LogP) is 2.21. The first-order valence-corrected chi connectivity index (χ1v) is 8.93. The SMILES string of the molecule is CC1(C)OB(c2cccc([C@]3(O)CCCn4ccnc43)c2)OC1(C)C. The van der Waals surface area contributed by atoms with E-state index in [1.54, 1.807) is 6.20 Å². The molecule has 1 aromatic carbocycles. The molecule has 2 aliphatic heterocycles. The Labute approximate surface area is 149 Å². The van der Waals surface area contributed by atoms with Crippen molar-refractivity contribution >= 4 is 12.6 Å². The van der Waals surface area contributed by atoms with E-state index in [4.69, 9.17) is 9.31 Å². The normalized spacial score (nSPS) is 27.3. The van der Waals surface area contributed by atoms with Gasteiger partial charge in [0.05, 0.1) is 11.2 Å². The van der Waals surface area contributed by atoms with Crippen molar-refractivity contribution in [3.8, 4) is 0 Å². The van der Waals surface area contributed by atoms with Gasteiger partial charge in [0.2, 0.25) is 0 Å². The second-order valence-electron chi connectivity index (χ2n) is 8.12. The summed E-state index contributed by atoms with van der Waals surface area (Å²) in [7, 11) is -0.433. The van der Waals surface area contributed by atoms with Crippen LogP contribution in [0.3, 0.4) is 0 Å². The molecule has 5 nitrogen and oxygen atoms in total. The largest absolute Gasteiger partial charge is 0.494 e. The van der Waals surface area contributed by atoms with Crippen molar-refractivity contribution in [2.24, 2.45) is 0 Å². The van der Waals surface area contributed by atoms with E-state index in [1.165, 1.54) is 0 Å². The lowest BCUT2D eigenvalue weighted by molar-refractivity contribution is 0.00578. The zero-order chi connectivity index (χ0) is 17.9. The van der Waals surface area contributed by atoms with Gasteiger partial charge in [0.15, 0.2) is 0 Å². The Morgan fingerprint density at radius 1 is 1.16 bits per heavy atom. The molecular formula is C19H25BN2O3. The molecule has 0 unspecified atom stereocenters. The molecule has 0 bridgehead atoms. The molecule has 0 aliphatic carbocycles. The number of aryl methyl sites for hydroxylation is 1. The van der Waals surface area contributed by atoms with E-state index in [9.17, 15) is 5.11 Å². The summed E-state index contributed by atoms with van der Waals surface area (Å²) in [5.74, 6) is 0.713. The number of hydrogen-bond acceptors (Lipinski definition) is 4. The highest BCUT2D eigenvalue weighted by atomic mass is 16.7. The van der Waals surface area contributed by atoms with Gasteiger partial charge < -0.3 is 19.0 Å². The lowest BCUT2D eigenvalue weighted by atomic mass is 9.75. The van der Waals surface area contributed by atoms with Crippen LogP contribution in [0.25, 0.3) is 0 Å². The fourth-order valence-electron chi connectivity index (χ4n) is 3.67. The van der Waals surface area contributed by atoms with E-state index >= 15 is 0 Å². The van der Waals surface area contributed by atoms with Crippen LogP contribution in [0.15, 0.2) is 36.7 Å². The highest BCUT2D eigenvalue weighted by molar-refractivity contribution is 6.62. The van der Waals surface area contributed by atoms with Crippen LogP contribution in [-0.2, 0) is 21.5 Å². The zero-order valence-corrected chi connectivity index (χ0v) is 15.3. The van der Waals surface area contributed by atoms with Gasteiger partial charge in [0.25, 0.3) is 0 Å². The zero-order valence-electron chi connectivity index (χ0n) is 15.3. The Bertz CT molecular complexity index is 785. The van der Waals surface area contributed by atoms with Crippen LogP contribution in [0.2, 0.25) is 0 Å². The maximum absolute atomic E-state index is 11.4. The highest BCUT2D eigenvalue weighted by Gasteiger charge is 2.52. The first-order valence-electron chi connectivity index (χ1n) is 8.93. The molecule has 25 heavy (non-hydrogen) atoms. The first kappa shape index (κ1) is 16.8. The number of imidazole rings is 1. The summed E-state index contributed by atoms with van der Waals surface area (Å²) >= 11 is 0. The lowest BCUT2D eigenvalue weighted by Gasteiger charge is -2.33. The number of nitrogens with zero attached hydrogens (tertiary/aromatic N) is 2. The number of fused-ring (bicyclic) bond motifs is 1. The molecule has 2 aliphatic rings. The number of hydrogen-bond donors (Lipinski definition) is 1. The van der Waals surface area contributed by atoms with Crippen LogP contribution < -0.4 is 5.46 Å². The molecule has 0 saturated carbocycles. The van der Waals surface area contributed by atoms with Gasteiger partial charge in [0, 0.05) is 18.9 Å². The smallest absolute Gasteiger partial charge is 0.399 e. The Kier molecular flexibility index (Phi) is 3.66. The van der Waals surface area contributed by atoms with E-state index in [0.717, 1.165) is 24.0 Å². The third-order valence-electron chi connectivity index (χ3n) is 5.91. The second kappa shape index (κ2) is 5.43. The minimum atomic E-state index is -1.07. The number of aromatic nitrogens is 2. The van der Waals surface area contributed by atoms with Gasteiger partial charge in [-0.3, -0.25) is 0 Å². The first-order chi connectivity index (χ1) is 11.7. The molecule has 1 saturated heterocycles. The van der Waals surface area contributed by atoms with E-state index in [1.807, 2.05) is 62.7 Å². The molecule has 2 aromatic rings. The summed E-state index contributed by atoms with van der Waals surface area (Å²) in [6.07, 6.45) is 5.26. The average molecular weight is 340 g/mol. The summed E-state index contributed by atoms with van der Waals surface area (Å²) in [5, 5.41) is 11.4. The van der Waals surface area contributed by atoms with Crippen molar-refractivity contribution in [2.45, 2.75) is 63.9 Å². The van der Waals surface area contributed by atoms with Crippen molar-refractivity contribution in [3.05, 3.63) is 48.0 Å². The third kappa shape index (κ3) is 2.55. The van der Waals surface area contributed by atoms with Crippen molar-refractivity contribution in [3.63, 3.8) is 0 Å². The minimum absolute atomic E-state index is 0.383. The maximum atomic E-state index is 11.4. The molecule has 4 rings (SSSR count). The van der Waals surface area contributed by atoms with Gasteiger partial charge in [0.1, 0.15) is 11.4 Å². The molecular weight excluding hydrogens is 315 g/mol. The van der Waals surface area contributed by atoms with Gasteiger partial charge in [-0.25, -0.2) is 4.98 Å². The fraction of sp³-hybridized carbons (Fsp3) is 0.526. The number of benzene rings is 1. The van der Waals surface area contributed by atoms with Crippen LogP contribution in [0.1, 0.15) is 51.9 Å². The molecule has 0 spiro atoms. The molecule has 0 amide bonds. The molecule has 1 atom stereocenters. The Balaban J connectivity index is 1.70. The lowest BCUT2D eigenvalue weighted by Crippen LogP contribution is -2.41. The van der Waals surface area contributed by atoms with Crippen LogP contribution >= 0.6 is 0 Å². The minimum Gasteiger partial charge on any atom is -0.399 e. The molecule has 132 valence electrons. The van der Waals surface area contributed by atoms with E-state index in [2.05, 4.69) is 4.98 Å². The van der Waals surface area contributed by atoms with Crippen LogP contribution in [-0.4, -0.2) is 33.0 Å². The van der Waals surface area contributed by atoms with E-state index < -0.39 is 12.7 Å². The quantitative estimate of drug-likeness (QED) is 0.852. The standard InChI is InChI=1S/C19H25BN2O3/c1-17(2)18(3,4)25-20(24-17)15-8-5-7-14(13-15)19(23)9-6-11-22-12-10-21-16(19)22/h5,7-8,10,12-13,23H,6,9,11H2,1-4H3/t19-/m1/s1. The van der Waals surface area contributed by atoms with Crippen molar-refractivity contribution < 1.29 is 14.4 Å². The fourth-order valence-corrected chi connectivity index (χ4v) is 3.67. The monoisotopic (exact) mass is 340 g/mol. The summed E-state index contributed by atoms with van der Waals surface area (Å²) in [6.45, 7) is 9.07. The molecule has 3 heterocycles. The molecule has 1 N–H and O–H groups in total. The molecule has 0 radical (unpaired) electrons. The van der Waals surface area contributed by atoms with Gasteiger partial charge in [-0.05, 0) is 51.6 Å². The van der Waals surface area contributed by atoms with Crippen molar-refractivity contribution in [1.29, 1.82) is 0 Å². The van der Waals surface area contributed by atoms with E-state index in [0.29, 0.717) is 12.2 Å². The molecule has 1 aromatic heterocycles. The van der Waals surface area contributed by atoms with Crippen molar-refractivity contribution in [2.75, 3.05) is 0 Å². The molecule has 6 heteroatoms.